The third kappa shape index (κ3) is 3.20. The zero-order valence-electron chi connectivity index (χ0n) is 12.2. The van der Waals surface area contributed by atoms with E-state index in [-0.39, 0.29) is 6.42 Å². The Morgan fingerprint density at radius 1 is 1.30 bits per heavy atom. The SMILES string of the molecule is CCN(CCC(=O)O)Cc1cn(CC)c2ccccc12. The first-order valence-electron chi connectivity index (χ1n) is 7.16. The van der Waals surface area contributed by atoms with E-state index in [2.05, 4.69) is 53.8 Å². The van der Waals surface area contributed by atoms with Crippen LogP contribution in [0.3, 0.4) is 0 Å². The molecule has 4 nitrogen and oxygen atoms in total. The molecule has 1 heterocycles. The van der Waals surface area contributed by atoms with Crippen LogP contribution in [0.4, 0.5) is 0 Å². The van der Waals surface area contributed by atoms with Crippen LogP contribution in [0, 0.1) is 0 Å². The van der Waals surface area contributed by atoms with Gasteiger partial charge in [-0.3, -0.25) is 9.69 Å². The molecule has 0 amide bonds. The molecule has 20 heavy (non-hydrogen) atoms. The van der Waals surface area contributed by atoms with E-state index in [4.69, 9.17) is 5.11 Å². The van der Waals surface area contributed by atoms with Crippen molar-refractivity contribution in [2.45, 2.75) is 33.4 Å². The predicted octanol–water partition coefficient (Wildman–Crippen LogP) is 2.96. The fourth-order valence-corrected chi connectivity index (χ4v) is 2.55. The van der Waals surface area contributed by atoms with E-state index >= 15 is 0 Å². The van der Waals surface area contributed by atoms with Crippen molar-refractivity contribution in [3.63, 3.8) is 0 Å². The number of carbonyl (C=O) groups is 1. The molecule has 0 aliphatic rings. The van der Waals surface area contributed by atoms with Crippen LogP contribution in [-0.4, -0.2) is 33.6 Å². The standard InChI is InChI=1S/C16H22N2O2/c1-3-17(10-9-16(19)20)11-13-12-18(4-2)15-8-6-5-7-14(13)15/h5-8,12H,3-4,9-11H2,1-2H3,(H,19,20). The largest absolute Gasteiger partial charge is 0.481 e. The van der Waals surface area contributed by atoms with Gasteiger partial charge in [0.05, 0.1) is 6.42 Å². The lowest BCUT2D eigenvalue weighted by atomic mass is 10.1. The Balaban J connectivity index is 2.21. The Kier molecular flexibility index (Phi) is 4.79. The lowest BCUT2D eigenvalue weighted by Gasteiger charge is -2.18. The smallest absolute Gasteiger partial charge is 0.304 e. The molecule has 0 saturated heterocycles. The van der Waals surface area contributed by atoms with E-state index < -0.39 is 5.97 Å². The summed E-state index contributed by atoms with van der Waals surface area (Å²) < 4.78 is 2.25. The van der Waals surface area contributed by atoms with Gasteiger partial charge in [-0.2, -0.15) is 0 Å². The monoisotopic (exact) mass is 274 g/mol. The molecular weight excluding hydrogens is 252 g/mol. The van der Waals surface area contributed by atoms with Gasteiger partial charge in [0, 0.05) is 36.7 Å². The number of aromatic nitrogens is 1. The second kappa shape index (κ2) is 6.57. The average molecular weight is 274 g/mol. The minimum Gasteiger partial charge on any atom is -0.481 e. The van der Waals surface area contributed by atoms with E-state index in [1.165, 1.54) is 16.5 Å². The Morgan fingerprint density at radius 2 is 2.05 bits per heavy atom. The van der Waals surface area contributed by atoms with Crippen LogP contribution >= 0.6 is 0 Å². The molecule has 108 valence electrons. The molecule has 0 bridgehead atoms. The van der Waals surface area contributed by atoms with Gasteiger partial charge in [-0.15, -0.1) is 0 Å². The molecule has 4 heteroatoms. The summed E-state index contributed by atoms with van der Waals surface area (Å²) >= 11 is 0. The zero-order valence-corrected chi connectivity index (χ0v) is 12.2. The first-order chi connectivity index (χ1) is 9.65. The average Bonchev–Trinajstić information content (AvgIpc) is 2.81. The number of rotatable bonds is 7. The molecule has 0 unspecified atom stereocenters. The lowest BCUT2D eigenvalue weighted by molar-refractivity contribution is -0.137. The van der Waals surface area contributed by atoms with Crippen molar-refractivity contribution in [3.8, 4) is 0 Å². The summed E-state index contributed by atoms with van der Waals surface area (Å²) in [5, 5.41) is 10.1. The third-order valence-corrected chi connectivity index (χ3v) is 3.69. The molecule has 0 radical (unpaired) electrons. The summed E-state index contributed by atoms with van der Waals surface area (Å²) in [7, 11) is 0. The van der Waals surface area contributed by atoms with E-state index in [0.717, 1.165) is 19.6 Å². The van der Waals surface area contributed by atoms with Crippen molar-refractivity contribution in [1.82, 2.24) is 9.47 Å². The van der Waals surface area contributed by atoms with Gasteiger partial charge in [0.25, 0.3) is 0 Å². The van der Waals surface area contributed by atoms with Crippen LogP contribution in [0.2, 0.25) is 0 Å². The van der Waals surface area contributed by atoms with Crippen molar-refractivity contribution in [1.29, 1.82) is 0 Å². The van der Waals surface area contributed by atoms with Crippen LogP contribution in [0.15, 0.2) is 30.5 Å². The minimum absolute atomic E-state index is 0.195. The van der Waals surface area contributed by atoms with E-state index in [1.807, 2.05) is 0 Å². The van der Waals surface area contributed by atoms with Crippen LogP contribution in [0.5, 0.6) is 0 Å². The lowest BCUT2D eigenvalue weighted by Crippen LogP contribution is -2.25. The summed E-state index contributed by atoms with van der Waals surface area (Å²) in [6.45, 7) is 7.41. The molecular formula is C16H22N2O2. The maximum absolute atomic E-state index is 10.7. The summed E-state index contributed by atoms with van der Waals surface area (Å²) in [5.41, 5.74) is 2.52. The normalized spacial score (nSPS) is 11.3. The molecule has 2 rings (SSSR count). The minimum atomic E-state index is -0.737. The van der Waals surface area contributed by atoms with E-state index in [1.54, 1.807) is 0 Å². The zero-order chi connectivity index (χ0) is 14.5. The van der Waals surface area contributed by atoms with Gasteiger partial charge in [0.1, 0.15) is 0 Å². The van der Waals surface area contributed by atoms with Crippen molar-refractivity contribution < 1.29 is 9.90 Å². The molecule has 0 aliphatic carbocycles. The summed E-state index contributed by atoms with van der Waals surface area (Å²) in [4.78, 5) is 12.9. The molecule has 1 N–H and O–H groups in total. The third-order valence-electron chi connectivity index (χ3n) is 3.69. The summed E-state index contributed by atoms with van der Waals surface area (Å²) in [6.07, 6.45) is 2.38. The first-order valence-corrected chi connectivity index (χ1v) is 7.16. The van der Waals surface area contributed by atoms with Crippen LogP contribution < -0.4 is 0 Å². The van der Waals surface area contributed by atoms with E-state index in [9.17, 15) is 4.79 Å². The predicted molar refractivity (Wildman–Crippen MR) is 80.8 cm³/mol. The maximum atomic E-state index is 10.7. The number of aliphatic carboxylic acids is 1. The first kappa shape index (κ1) is 14.6. The topological polar surface area (TPSA) is 45.5 Å². The van der Waals surface area contributed by atoms with Crippen LogP contribution in [0.1, 0.15) is 25.8 Å². The van der Waals surface area contributed by atoms with Gasteiger partial charge in [0.2, 0.25) is 0 Å². The molecule has 0 fully saturated rings. The van der Waals surface area contributed by atoms with Crippen molar-refractivity contribution in [2.24, 2.45) is 0 Å². The Labute approximate surface area is 119 Å². The molecule has 2 aromatic rings. The number of benzene rings is 1. The van der Waals surface area contributed by atoms with Crippen molar-refractivity contribution in [3.05, 3.63) is 36.0 Å². The second-order valence-corrected chi connectivity index (χ2v) is 4.97. The fraction of sp³-hybridized carbons (Fsp3) is 0.438. The number of hydrogen-bond acceptors (Lipinski definition) is 2. The van der Waals surface area contributed by atoms with Gasteiger partial charge in [-0.05, 0) is 25.1 Å². The highest BCUT2D eigenvalue weighted by atomic mass is 16.4. The van der Waals surface area contributed by atoms with Crippen LogP contribution in [-0.2, 0) is 17.9 Å². The fourth-order valence-electron chi connectivity index (χ4n) is 2.55. The number of nitrogens with zero attached hydrogens (tertiary/aromatic N) is 2. The highest BCUT2D eigenvalue weighted by Crippen LogP contribution is 2.22. The second-order valence-electron chi connectivity index (χ2n) is 4.97. The van der Waals surface area contributed by atoms with Gasteiger partial charge in [-0.25, -0.2) is 0 Å². The van der Waals surface area contributed by atoms with Gasteiger partial charge >= 0.3 is 5.97 Å². The summed E-state index contributed by atoms with van der Waals surface area (Å²) in [6, 6.07) is 8.39. The van der Waals surface area contributed by atoms with Crippen molar-refractivity contribution >= 4 is 16.9 Å². The number of aryl methyl sites for hydroxylation is 1. The quantitative estimate of drug-likeness (QED) is 0.844. The Morgan fingerprint density at radius 3 is 2.70 bits per heavy atom. The van der Waals surface area contributed by atoms with E-state index in [0.29, 0.717) is 6.54 Å². The number of hydrogen-bond donors (Lipinski definition) is 1. The molecule has 0 aliphatic heterocycles. The van der Waals surface area contributed by atoms with Crippen molar-refractivity contribution in [2.75, 3.05) is 13.1 Å². The summed E-state index contributed by atoms with van der Waals surface area (Å²) in [5.74, 6) is -0.737. The Hall–Kier alpha value is -1.81. The maximum Gasteiger partial charge on any atom is 0.304 e. The molecule has 0 saturated carbocycles. The number of carboxylic acid groups (broad SMARTS) is 1. The molecule has 1 aromatic carbocycles. The van der Waals surface area contributed by atoms with Gasteiger partial charge in [0.15, 0.2) is 0 Å². The number of para-hydroxylation sites is 1. The number of fused-ring (bicyclic) bond motifs is 1. The number of carboxylic acids is 1. The molecule has 0 spiro atoms. The highest BCUT2D eigenvalue weighted by Gasteiger charge is 2.11. The molecule has 0 atom stereocenters. The molecule has 1 aromatic heterocycles. The van der Waals surface area contributed by atoms with Crippen LogP contribution in [0.25, 0.3) is 10.9 Å². The van der Waals surface area contributed by atoms with Gasteiger partial charge in [-0.1, -0.05) is 25.1 Å². The van der Waals surface area contributed by atoms with Gasteiger partial charge < -0.3 is 9.67 Å². The Bertz CT molecular complexity index is 589. The highest BCUT2D eigenvalue weighted by molar-refractivity contribution is 5.83.